The Bertz CT molecular complexity index is 605. The number of nitrogens with zero attached hydrogens (tertiary/aromatic N) is 4. The number of hydrogen-bond donors (Lipinski definition) is 0. The molecule has 0 unspecified atom stereocenters. The number of esters is 1. The van der Waals surface area contributed by atoms with Crippen LogP contribution in [0.2, 0.25) is 0 Å². The van der Waals surface area contributed by atoms with Crippen molar-refractivity contribution >= 4 is 11.8 Å². The highest BCUT2D eigenvalue weighted by atomic mass is 16.5. The van der Waals surface area contributed by atoms with Crippen LogP contribution in [-0.2, 0) is 9.53 Å². The third-order valence-corrected chi connectivity index (χ3v) is 4.23. The minimum Gasteiger partial charge on any atom is -0.466 e. The van der Waals surface area contributed by atoms with Crippen LogP contribution in [0.5, 0.6) is 0 Å². The number of methoxy groups -OCH3 is 1. The monoisotopic (exact) mass is 332 g/mol. The molecule has 0 N–H and O–H groups in total. The van der Waals surface area contributed by atoms with Gasteiger partial charge < -0.3 is 9.64 Å². The van der Waals surface area contributed by atoms with Crippen molar-refractivity contribution in [1.29, 1.82) is 0 Å². The van der Waals surface area contributed by atoms with Gasteiger partial charge in [0, 0.05) is 56.0 Å². The number of anilines is 1. The molecule has 0 atom stereocenters. The Morgan fingerprint density at radius 1 is 1.29 bits per heavy atom. The highest BCUT2D eigenvalue weighted by Gasteiger charge is 2.19. The first kappa shape index (κ1) is 18.4. The van der Waals surface area contributed by atoms with E-state index >= 15 is 0 Å². The molecule has 2 heterocycles. The number of ether oxygens (including phenoxy) is 1. The van der Waals surface area contributed by atoms with Gasteiger partial charge in [-0.05, 0) is 13.8 Å². The van der Waals surface area contributed by atoms with E-state index in [1.807, 2.05) is 13.0 Å². The van der Waals surface area contributed by atoms with E-state index in [2.05, 4.69) is 34.7 Å². The SMILES string of the molecule is COC(=O)/C(C)=C/CN1CCN(c2cc(C)nc(C(C)C)n2)CC1. The van der Waals surface area contributed by atoms with Gasteiger partial charge in [-0.25, -0.2) is 14.8 Å². The van der Waals surface area contributed by atoms with Gasteiger partial charge in [0.1, 0.15) is 11.6 Å². The molecule has 2 rings (SSSR count). The molecular formula is C18H28N4O2. The number of carbonyl (C=O) groups excluding carboxylic acids is 1. The number of aromatic nitrogens is 2. The zero-order chi connectivity index (χ0) is 17.7. The highest BCUT2D eigenvalue weighted by Crippen LogP contribution is 2.18. The van der Waals surface area contributed by atoms with Crippen molar-refractivity contribution in [2.45, 2.75) is 33.6 Å². The van der Waals surface area contributed by atoms with Crippen molar-refractivity contribution < 1.29 is 9.53 Å². The molecule has 0 aromatic carbocycles. The van der Waals surface area contributed by atoms with E-state index < -0.39 is 0 Å². The van der Waals surface area contributed by atoms with Crippen molar-refractivity contribution in [3.8, 4) is 0 Å². The van der Waals surface area contributed by atoms with E-state index in [0.29, 0.717) is 11.5 Å². The summed E-state index contributed by atoms with van der Waals surface area (Å²) in [5.74, 6) is 2.00. The molecule has 1 saturated heterocycles. The minimum absolute atomic E-state index is 0.258. The van der Waals surface area contributed by atoms with Gasteiger partial charge in [0.05, 0.1) is 7.11 Å². The molecule has 6 nitrogen and oxygen atoms in total. The Morgan fingerprint density at radius 3 is 2.54 bits per heavy atom. The van der Waals surface area contributed by atoms with E-state index in [4.69, 9.17) is 9.72 Å². The van der Waals surface area contributed by atoms with E-state index in [0.717, 1.165) is 50.1 Å². The Kier molecular flexibility index (Phi) is 6.31. The lowest BCUT2D eigenvalue weighted by Crippen LogP contribution is -2.46. The molecule has 0 saturated carbocycles. The van der Waals surface area contributed by atoms with Crippen LogP contribution in [0.15, 0.2) is 17.7 Å². The van der Waals surface area contributed by atoms with Crippen LogP contribution in [0.1, 0.15) is 38.2 Å². The normalized spacial score (nSPS) is 16.6. The fourth-order valence-electron chi connectivity index (χ4n) is 2.66. The summed E-state index contributed by atoms with van der Waals surface area (Å²) in [7, 11) is 1.41. The zero-order valence-corrected chi connectivity index (χ0v) is 15.4. The molecule has 0 spiro atoms. The standard InChI is InChI=1S/C18H28N4O2/c1-13(2)17-19-15(4)12-16(20-17)22-10-8-21(9-11-22)7-6-14(3)18(23)24-5/h6,12-13H,7-11H2,1-5H3/b14-6+. The summed E-state index contributed by atoms with van der Waals surface area (Å²) < 4.78 is 4.72. The predicted octanol–water partition coefficient (Wildman–Crippen LogP) is 2.15. The average molecular weight is 332 g/mol. The quantitative estimate of drug-likeness (QED) is 0.608. The Hall–Kier alpha value is -1.95. The molecule has 1 fully saturated rings. The lowest BCUT2D eigenvalue weighted by atomic mass is 10.2. The van der Waals surface area contributed by atoms with Crippen LogP contribution in [0.25, 0.3) is 0 Å². The summed E-state index contributed by atoms with van der Waals surface area (Å²) in [6, 6.07) is 2.06. The second-order valence-electron chi connectivity index (χ2n) is 6.55. The second kappa shape index (κ2) is 8.24. The predicted molar refractivity (Wildman–Crippen MR) is 95.3 cm³/mol. The summed E-state index contributed by atoms with van der Waals surface area (Å²) >= 11 is 0. The minimum atomic E-state index is -0.258. The van der Waals surface area contributed by atoms with Gasteiger partial charge in [0.2, 0.25) is 0 Å². The first-order chi connectivity index (χ1) is 11.4. The molecule has 1 aliphatic heterocycles. The lowest BCUT2D eigenvalue weighted by Gasteiger charge is -2.35. The summed E-state index contributed by atoms with van der Waals surface area (Å²) in [6.07, 6.45) is 1.94. The maximum atomic E-state index is 11.4. The van der Waals surface area contributed by atoms with Gasteiger partial charge in [-0.3, -0.25) is 4.90 Å². The van der Waals surface area contributed by atoms with Gasteiger partial charge in [-0.2, -0.15) is 0 Å². The van der Waals surface area contributed by atoms with Gasteiger partial charge in [0.25, 0.3) is 0 Å². The van der Waals surface area contributed by atoms with Crippen LogP contribution >= 0.6 is 0 Å². The molecule has 0 amide bonds. The summed E-state index contributed by atoms with van der Waals surface area (Å²) in [6.45, 7) is 12.6. The van der Waals surface area contributed by atoms with Crippen LogP contribution in [0, 0.1) is 6.92 Å². The highest BCUT2D eigenvalue weighted by molar-refractivity contribution is 5.87. The van der Waals surface area contributed by atoms with Gasteiger partial charge >= 0.3 is 5.97 Å². The third kappa shape index (κ3) is 4.77. The number of hydrogen-bond acceptors (Lipinski definition) is 6. The summed E-state index contributed by atoms with van der Waals surface area (Å²) in [4.78, 5) is 25.3. The second-order valence-corrected chi connectivity index (χ2v) is 6.55. The van der Waals surface area contributed by atoms with Gasteiger partial charge in [-0.1, -0.05) is 19.9 Å². The topological polar surface area (TPSA) is 58.6 Å². The number of carbonyl (C=O) groups is 1. The van der Waals surface area contributed by atoms with Crippen LogP contribution in [0.4, 0.5) is 5.82 Å². The largest absolute Gasteiger partial charge is 0.466 e. The number of aryl methyl sites for hydroxylation is 1. The molecule has 132 valence electrons. The summed E-state index contributed by atoms with van der Waals surface area (Å²) in [5.41, 5.74) is 1.68. The van der Waals surface area contributed by atoms with Crippen LogP contribution in [-0.4, -0.2) is 60.7 Å². The molecule has 1 aromatic rings. The average Bonchev–Trinajstić information content (AvgIpc) is 2.58. The molecule has 24 heavy (non-hydrogen) atoms. The molecule has 1 aromatic heterocycles. The Balaban J connectivity index is 1.94. The molecule has 1 aliphatic rings. The van der Waals surface area contributed by atoms with Crippen molar-refractivity contribution in [3.63, 3.8) is 0 Å². The first-order valence-electron chi connectivity index (χ1n) is 8.48. The van der Waals surface area contributed by atoms with Crippen molar-refractivity contribution in [2.24, 2.45) is 0 Å². The molecule has 6 heteroatoms. The Labute approximate surface area is 144 Å². The number of piperazine rings is 1. The molecule has 0 radical (unpaired) electrons. The van der Waals surface area contributed by atoms with E-state index in [1.54, 1.807) is 6.92 Å². The van der Waals surface area contributed by atoms with E-state index in [1.165, 1.54) is 7.11 Å². The summed E-state index contributed by atoms with van der Waals surface area (Å²) in [5, 5.41) is 0. The molecule has 0 aliphatic carbocycles. The molecular weight excluding hydrogens is 304 g/mol. The first-order valence-corrected chi connectivity index (χ1v) is 8.48. The van der Waals surface area contributed by atoms with Crippen LogP contribution in [0.3, 0.4) is 0 Å². The number of rotatable bonds is 5. The smallest absolute Gasteiger partial charge is 0.333 e. The van der Waals surface area contributed by atoms with E-state index in [-0.39, 0.29) is 5.97 Å². The van der Waals surface area contributed by atoms with Crippen molar-refractivity contribution in [3.05, 3.63) is 29.2 Å². The fraction of sp³-hybridized carbons (Fsp3) is 0.611. The van der Waals surface area contributed by atoms with Gasteiger partial charge in [-0.15, -0.1) is 0 Å². The molecule has 0 bridgehead atoms. The maximum Gasteiger partial charge on any atom is 0.333 e. The fourth-order valence-corrected chi connectivity index (χ4v) is 2.66. The lowest BCUT2D eigenvalue weighted by molar-refractivity contribution is -0.136. The van der Waals surface area contributed by atoms with Gasteiger partial charge in [0.15, 0.2) is 0 Å². The van der Waals surface area contributed by atoms with Crippen molar-refractivity contribution in [1.82, 2.24) is 14.9 Å². The maximum absolute atomic E-state index is 11.4. The van der Waals surface area contributed by atoms with E-state index in [9.17, 15) is 4.79 Å². The van der Waals surface area contributed by atoms with Crippen LogP contribution < -0.4 is 4.90 Å². The zero-order valence-electron chi connectivity index (χ0n) is 15.4. The Morgan fingerprint density at radius 2 is 1.96 bits per heavy atom. The van der Waals surface area contributed by atoms with Crippen molar-refractivity contribution in [2.75, 3.05) is 44.7 Å². The third-order valence-electron chi connectivity index (χ3n) is 4.23.